The SMILES string of the molecule is Cc1cc(C2CC(C(=O)O)CCN2)nc(=O)[nH]1. The van der Waals surface area contributed by atoms with Crippen LogP contribution in [0, 0.1) is 12.8 Å². The molecule has 6 nitrogen and oxygen atoms in total. The largest absolute Gasteiger partial charge is 0.481 e. The third-order valence-corrected chi connectivity index (χ3v) is 3.01. The number of H-pyrrole nitrogens is 1. The van der Waals surface area contributed by atoms with Crippen molar-refractivity contribution in [2.75, 3.05) is 6.54 Å². The predicted octanol–water partition coefficient (Wildman–Crippen LogP) is 0.204. The Balaban J connectivity index is 2.21. The number of aromatic amines is 1. The minimum atomic E-state index is -0.780. The van der Waals surface area contributed by atoms with Gasteiger partial charge in [-0.05, 0) is 32.4 Å². The van der Waals surface area contributed by atoms with Gasteiger partial charge in [0.05, 0.1) is 17.7 Å². The first-order valence-electron chi connectivity index (χ1n) is 5.60. The van der Waals surface area contributed by atoms with E-state index >= 15 is 0 Å². The highest BCUT2D eigenvalue weighted by molar-refractivity contribution is 5.70. The fourth-order valence-corrected chi connectivity index (χ4v) is 2.15. The number of aryl methyl sites for hydroxylation is 1. The lowest BCUT2D eigenvalue weighted by atomic mass is 9.91. The van der Waals surface area contributed by atoms with Crippen molar-refractivity contribution in [3.63, 3.8) is 0 Å². The molecule has 1 aliphatic heterocycles. The van der Waals surface area contributed by atoms with Crippen LogP contribution in [-0.4, -0.2) is 27.6 Å². The quantitative estimate of drug-likeness (QED) is 0.683. The summed E-state index contributed by atoms with van der Waals surface area (Å²) in [5, 5.41) is 12.2. The van der Waals surface area contributed by atoms with Crippen molar-refractivity contribution in [3.8, 4) is 0 Å². The number of carbonyl (C=O) groups is 1. The molecule has 0 amide bonds. The second-order valence-corrected chi connectivity index (χ2v) is 4.36. The molecule has 2 heterocycles. The Kier molecular flexibility index (Phi) is 3.23. The Labute approximate surface area is 98.1 Å². The molecule has 17 heavy (non-hydrogen) atoms. The molecule has 92 valence electrons. The summed E-state index contributed by atoms with van der Waals surface area (Å²) < 4.78 is 0. The number of carboxylic acids is 1. The van der Waals surface area contributed by atoms with E-state index in [9.17, 15) is 9.59 Å². The van der Waals surface area contributed by atoms with Crippen molar-refractivity contribution < 1.29 is 9.90 Å². The molecule has 2 unspecified atom stereocenters. The van der Waals surface area contributed by atoms with E-state index in [1.165, 1.54) is 0 Å². The molecular weight excluding hydrogens is 222 g/mol. The van der Waals surface area contributed by atoms with Crippen LogP contribution in [0.3, 0.4) is 0 Å². The van der Waals surface area contributed by atoms with Gasteiger partial charge in [0.1, 0.15) is 0 Å². The first kappa shape index (κ1) is 11.8. The molecule has 2 atom stereocenters. The van der Waals surface area contributed by atoms with Gasteiger partial charge in [-0.25, -0.2) is 4.79 Å². The standard InChI is InChI=1S/C11H15N3O3/c1-6-4-9(14-11(17)13-6)8-5-7(10(15)16)2-3-12-8/h4,7-8,12H,2-3,5H2,1H3,(H,15,16)(H,13,14,17). The monoisotopic (exact) mass is 237 g/mol. The lowest BCUT2D eigenvalue weighted by Gasteiger charge is -2.27. The molecule has 1 aliphatic rings. The van der Waals surface area contributed by atoms with Crippen LogP contribution >= 0.6 is 0 Å². The van der Waals surface area contributed by atoms with Gasteiger partial charge in [0.25, 0.3) is 0 Å². The van der Waals surface area contributed by atoms with E-state index in [2.05, 4.69) is 15.3 Å². The molecule has 0 bridgehead atoms. The molecule has 0 saturated carbocycles. The molecule has 1 saturated heterocycles. The van der Waals surface area contributed by atoms with E-state index in [4.69, 9.17) is 5.11 Å². The highest BCUT2D eigenvalue weighted by Gasteiger charge is 2.28. The summed E-state index contributed by atoms with van der Waals surface area (Å²) in [6.07, 6.45) is 1.10. The Hall–Kier alpha value is -1.69. The number of hydrogen-bond acceptors (Lipinski definition) is 4. The predicted molar refractivity (Wildman–Crippen MR) is 60.7 cm³/mol. The molecule has 0 radical (unpaired) electrons. The second kappa shape index (κ2) is 4.67. The second-order valence-electron chi connectivity index (χ2n) is 4.36. The topological polar surface area (TPSA) is 95.1 Å². The van der Waals surface area contributed by atoms with Crippen LogP contribution in [0.1, 0.15) is 30.3 Å². The lowest BCUT2D eigenvalue weighted by molar-refractivity contribution is -0.143. The third-order valence-electron chi connectivity index (χ3n) is 3.01. The van der Waals surface area contributed by atoms with E-state index in [-0.39, 0.29) is 17.6 Å². The number of nitrogens with one attached hydrogen (secondary N) is 2. The van der Waals surface area contributed by atoms with Gasteiger partial charge in [-0.1, -0.05) is 0 Å². The van der Waals surface area contributed by atoms with Crippen LogP contribution in [0.15, 0.2) is 10.9 Å². The maximum absolute atomic E-state index is 11.3. The zero-order valence-electron chi connectivity index (χ0n) is 9.56. The Morgan fingerprint density at radius 2 is 2.35 bits per heavy atom. The van der Waals surface area contributed by atoms with E-state index in [0.717, 1.165) is 5.69 Å². The van der Waals surface area contributed by atoms with Crippen LogP contribution in [-0.2, 0) is 4.79 Å². The number of hydrogen-bond donors (Lipinski definition) is 3. The number of nitrogens with zero attached hydrogens (tertiary/aromatic N) is 1. The molecular formula is C11H15N3O3. The molecule has 1 fully saturated rings. The smallest absolute Gasteiger partial charge is 0.345 e. The average Bonchev–Trinajstić information content (AvgIpc) is 2.28. The fraction of sp³-hybridized carbons (Fsp3) is 0.545. The van der Waals surface area contributed by atoms with Gasteiger partial charge in [-0.2, -0.15) is 4.98 Å². The van der Waals surface area contributed by atoms with Crippen molar-refractivity contribution in [2.24, 2.45) is 5.92 Å². The molecule has 0 aromatic carbocycles. The highest BCUT2D eigenvalue weighted by Crippen LogP contribution is 2.25. The summed E-state index contributed by atoms with van der Waals surface area (Å²) in [5.74, 6) is -1.14. The maximum Gasteiger partial charge on any atom is 0.345 e. The summed E-state index contributed by atoms with van der Waals surface area (Å²) in [5.41, 5.74) is 0.968. The summed E-state index contributed by atoms with van der Waals surface area (Å²) in [4.78, 5) is 28.7. The number of rotatable bonds is 2. The van der Waals surface area contributed by atoms with Gasteiger partial charge >= 0.3 is 11.7 Å². The lowest BCUT2D eigenvalue weighted by Crippen LogP contribution is -2.36. The number of aliphatic carboxylic acids is 1. The van der Waals surface area contributed by atoms with Crippen molar-refractivity contribution in [3.05, 3.63) is 27.9 Å². The van der Waals surface area contributed by atoms with E-state index in [1.54, 1.807) is 13.0 Å². The minimum Gasteiger partial charge on any atom is -0.481 e. The summed E-state index contributed by atoms with van der Waals surface area (Å²) in [6.45, 7) is 2.42. The first-order chi connectivity index (χ1) is 8.06. The normalized spacial score (nSPS) is 24.5. The average molecular weight is 237 g/mol. The van der Waals surface area contributed by atoms with Gasteiger partial charge in [-0.3, -0.25) is 4.79 Å². The van der Waals surface area contributed by atoms with E-state index < -0.39 is 5.97 Å². The zero-order valence-corrected chi connectivity index (χ0v) is 9.56. The first-order valence-corrected chi connectivity index (χ1v) is 5.60. The summed E-state index contributed by atoms with van der Waals surface area (Å²) in [6, 6.07) is 1.63. The van der Waals surface area contributed by atoms with Crippen molar-refractivity contribution in [2.45, 2.75) is 25.8 Å². The van der Waals surface area contributed by atoms with Crippen molar-refractivity contribution >= 4 is 5.97 Å². The Bertz CT molecular complexity index is 483. The van der Waals surface area contributed by atoms with E-state index in [0.29, 0.717) is 25.1 Å². The van der Waals surface area contributed by atoms with Crippen LogP contribution in [0.25, 0.3) is 0 Å². The third kappa shape index (κ3) is 2.71. The van der Waals surface area contributed by atoms with Crippen LogP contribution in [0.4, 0.5) is 0 Å². The molecule has 0 spiro atoms. The minimum absolute atomic E-state index is 0.147. The van der Waals surface area contributed by atoms with Crippen LogP contribution in [0.2, 0.25) is 0 Å². The fourth-order valence-electron chi connectivity index (χ4n) is 2.15. The van der Waals surface area contributed by atoms with Gasteiger partial charge in [0.15, 0.2) is 0 Å². The van der Waals surface area contributed by atoms with Crippen LogP contribution in [0.5, 0.6) is 0 Å². The molecule has 2 rings (SSSR count). The van der Waals surface area contributed by atoms with Crippen molar-refractivity contribution in [1.82, 2.24) is 15.3 Å². The van der Waals surface area contributed by atoms with Crippen molar-refractivity contribution in [1.29, 1.82) is 0 Å². The zero-order chi connectivity index (χ0) is 12.4. The van der Waals surface area contributed by atoms with Crippen LogP contribution < -0.4 is 11.0 Å². The number of carboxylic acid groups (broad SMARTS) is 1. The summed E-state index contributed by atoms with van der Waals surface area (Å²) in [7, 11) is 0. The maximum atomic E-state index is 11.3. The molecule has 0 aliphatic carbocycles. The van der Waals surface area contributed by atoms with E-state index in [1.807, 2.05) is 0 Å². The highest BCUT2D eigenvalue weighted by atomic mass is 16.4. The molecule has 1 aromatic rings. The Morgan fingerprint density at radius 1 is 1.59 bits per heavy atom. The van der Waals surface area contributed by atoms with Gasteiger partial charge in [0, 0.05) is 5.69 Å². The van der Waals surface area contributed by atoms with Gasteiger partial charge in [0.2, 0.25) is 0 Å². The number of aromatic nitrogens is 2. The molecule has 1 aromatic heterocycles. The summed E-state index contributed by atoms with van der Waals surface area (Å²) >= 11 is 0. The molecule has 3 N–H and O–H groups in total. The Morgan fingerprint density at radius 3 is 3.00 bits per heavy atom. The van der Waals surface area contributed by atoms with Gasteiger partial charge < -0.3 is 15.4 Å². The van der Waals surface area contributed by atoms with Gasteiger partial charge in [-0.15, -0.1) is 0 Å². The number of piperidine rings is 1. The molecule has 6 heteroatoms.